The summed E-state index contributed by atoms with van der Waals surface area (Å²) < 4.78 is 2.00. The number of imidazole rings is 1. The maximum absolute atomic E-state index is 12.6. The lowest BCUT2D eigenvalue weighted by Gasteiger charge is -2.23. The van der Waals surface area contributed by atoms with Crippen molar-refractivity contribution in [2.24, 2.45) is 13.0 Å². The molecule has 1 aromatic heterocycles. The highest BCUT2D eigenvalue weighted by molar-refractivity contribution is 5.83. The van der Waals surface area contributed by atoms with E-state index < -0.39 is 6.04 Å². The van der Waals surface area contributed by atoms with E-state index in [2.05, 4.69) is 52.0 Å². The van der Waals surface area contributed by atoms with Gasteiger partial charge in [0.1, 0.15) is 6.04 Å². The topological polar surface area (TPSA) is 82.7 Å². The number of hydrogen-bond donors (Lipinski definition) is 2. The average molecular weight is 399 g/mol. The van der Waals surface area contributed by atoms with Gasteiger partial charge in [-0.3, -0.25) is 4.79 Å². The Morgan fingerprint density at radius 1 is 1.27 bits per heavy atom. The second-order valence-corrected chi connectivity index (χ2v) is 8.56. The van der Waals surface area contributed by atoms with Gasteiger partial charge in [0.2, 0.25) is 5.91 Å². The summed E-state index contributed by atoms with van der Waals surface area (Å²) in [5.74, 6) is 0.388. The number of carbonyl (C=O) groups excluding carboxylic acids is 1. The number of carbonyl (C=O) groups is 1. The number of benzene rings is 2. The fraction of sp³-hybridized carbons (Fsp3) is 0.375. The summed E-state index contributed by atoms with van der Waals surface area (Å²) in [5.41, 5.74) is 5.33. The van der Waals surface area contributed by atoms with Crippen LogP contribution < -0.4 is 10.6 Å². The van der Waals surface area contributed by atoms with Crippen molar-refractivity contribution in [1.82, 2.24) is 20.2 Å². The highest BCUT2D eigenvalue weighted by Crippen LogP contribution is 2.35. The average Bonchev–Trinajstić information content (AvgIpc) is 3.50. The Balaban J connectivity index is 1.25. The first-order valence-corrected chi connectivity index (χ1v) is 10.6. The maximum Gasteiger partial charge on any atom is 0.238 e. The van der Waals surface area contributed by atoms with Crippen LogP contribution in [-0.2, 0) is 18.3 Å². The number of nitrogens with zero attached hydrogens (tertiary/aromatic N) is 3. The Morgan fingerprint density at radius 2 is 2.07 bits per heavy atom. The van der Waals surface area contributed by atoms with Crippen LogP contribution in [0, 0.1) is 17.2 Å². The first kappa shape index (κ1) is 18.8. The van der Waals surface area contributed by atoms with E-state index in [1.807, 2.05) is 30.1 Å². The molecule has 2 heterocycles. The zero-order valence-corrected chi connectivity index (χ0v) is 17.0. The van der Waals surface area contributed by atoms with Crippen molar-refractivity contribution < 1.29 is 4.79 Å². The van der Waals surface area contributed by atoms with Crippen LogP contribution in [0.15, 0.2) is 48.8 Å². The van der Waals surface area contributed by atoms with Crippen molar-refractivity contribution >= 4 is 16.9 Å². The van der Waals surface area contributed by atoms with E-state index in [9.17, 15) is 10.1 Å². The zero-order chi connectivity index (χ0) is 20.7. The van der Waals surface area contributed by atoms with Crippen molar-refractivity contribution in [2.75, 3.05) is 0 Å². The smallest absolute Gasteiger partial charge is 0.238 e. The fourth-order valence-corrected chi connectivity index (χ4v) is 4.93. The van der Waals surface area contributed by atoms with Gasteiger partial charge in [0.05, 0.1) is 29.5 Å². The van der Waals surface area contributed by atoms with E-state index in [-0.39, 0.29) is 11.9 Å². The SMILES string of the molecule is Cn1cnc2cc(-c3ccc(C[C@@H](C#N)NC(=O)[C@H]4N[C@@H]5CC[C@H]4C5)cc3)ccc21. The Morgan fingerprint density at radius 3 is 2.77 bits per heavy atom. The molecule has 6 heteroatoms. The molecule has 3 aromatic rings. The van der Waals surface area contributed by atoms with Crippen molar-refractivity contribution in [1.29, 1.82) is 5.26 Å². The number of piperidine rings is 1. The van der Waals surface area contributed by atoms with Gasteiger partial charge in [-0.2, -0.15) is 5.26 Å². The van der Waals surface area contributed by atoms with E-state index in [1.54, 1.807) is 0 Å². The molecular formula is C24H25N5O. The lowest BCUT2D eigenvalue weighted by Crippen LogP contribution is -2.50. The lowest BCUT2D eigenvalue weighted by atomic mass is 9.98. The van der Waals surface area contributed by atoms with Crippen LogP contribution in [0.25, 0.3) is 22.2 Å². The molecule has 2 N–H and O–H groups in total. The fourth-order valence-electron chi connectivity index (χ4n) is 4.93. The molecule has 0 radical (unpaired) electrons. The van der Waals surface area contributed by atoms with E-state index in [0.29, 0.717) is 18.4 Å². The van der Waals surface area contributed by atoms with Gasteiger partial charge in [0, 0.05) is 19.5 Å². The number of rotatable bonds is 5. The number of nitriles is 1. The van der Waals surface area contributed by atoms with Gasteiger partial charge in [-0.1, -0.05) is 30.3 Å². The molecule has 0 spiro atoms. The minimum absolute atomic E-state index is 0.0333. The van der Waals surface area contributed by atoms with Crippen molar-refractivity contribution in [2.45, 2.75) is 43.8 Å². The third-order valence-corrected chi connectivity index (χ3v) is 6.57. The van der Waals surface area contributed by atoms with Crippen LogP contribution in [0.3, 0.4) is 0 Å². The third kappa shape index (κ3) is 3.46. The van der Waals surface area contributed by atoms with E-state index in [0.717, 1.165) is 47.0 Å². The molecule has 2 aromatic carbocycles. The molecule has 30 heavy (non-hydrogen) atoms. The first-order valence-electron chi connectivity index (χ1n) is 10.6. The van der Waals surface area contributed by atoms with Crippen LogP contribution in [0.1, 0.15) is 24.8 Å². The van der Waals surface area contributed by atoms with E-state index in [4.69, 9.17) is 0 Å². The second kappa shape index (κ2) is 7.58. The van der Waals surface area contributed by atoms with Crippen LogP contribution in [-0.4, -0.2) is 33.6 Å². The Bertz CT molecular complexity index is 1130. The molecule has 6 nitrogen and oxygen atoms in total. The van der Waals surface area contributed by atoms with Crippen molar-refractivity contribution in [3.63, 3.8) is 0 Å². The molecule has 1 saturated heterocycles. The highest BCUT2D eigenvalue weighted by atomic mass is 16.2. The minimum atomic E-state index is -0.519. The normalized spacial score (nSPS) is 23.4. The predicted molar refractivity (Wildman–Crippen MR) is 115 cm³/mol. The largest absolute Gasteiger partial charge is 0.339 e. The van der Waals surface area contributed by atoms with Gasteiger partial charge < -0.3 is 15.2 Å². The first-order chi connectivity index (χ1) is 14.6. The molecule has 1 saturated carbocycles. The third-order valence-electron chi connectivity index (χ3n) is 6.57. The summed E-state index contributed by atoms with van der Waals surface area (Å²) in [5, 5.41) is 15.9. The van der Waals surface area contributed by atoms with Gasteiger partial charge >= 0.3 is 0 Å². The summed E-state index contributed by atoms with van der Waals surface area (Å²) in [6.07, 6.45) is 5.68. The monoisotopic (exact) mass is 399 g/mol. The molecule has 5 rings (SSSR count). The molecule has 152 valence electrons. The lowest BCUT2D eigenvalue weighted by molar-refractivity contribution is -0.124. The van der Waals surface area contributed by atoms with Crippen LogP contribution >= 0.6 is 0 Å². The molecule has 4 atom stereocenters. The van der Waals surface area contributed by atoms with E-state index in [1.165, 1.54) is 0 Å². The highest BCUT2D eigenvalue weighted by Gasteiger charge is 2.43. The van der Waals surface area contributed by atoms with E-state index >= 15 is 0 Å². The summed E-state index contributed by atoms with van der Waals surface area (Å²) in [6.45, 7) is 0. The van der Waals surface area contributed by atoms with Gasteiger partial charge in [-0.15, -0.1) is 0 Å². The second-order valence-electron chi connectivity index (χ2n) is 8.56. The standard InChI is InChI=1S/C24H25N5O/c1-29-14-26-21-12-17(7-9-22(21)29)16-4-2-15(3-5-16)10-20(13-25)28-24(30)23-18-6-8-19(11-18)27-23/h2-5,7,9,12,14,18-20,23,27H,6,8,10-11H2,1H3,(H,28,30)/t18-,19+,20-,23-/m0/s1. The van der Waals surface area contributed by atoms with Gasteiger partial charge in [0.25, 0.3) is 0 Å². The summed E-state index contributed by atoms with van der Waals surface area (Å²) >= 11 is 0. The number of fused-ring (bicyclic) bond motifs is 3. The molecule has 0 unspecified atom stereocenters. The number of amides is 1. The molecule has 2 aliphatic rings. The zero-order valence-electron chi connectivity index (χ0n) is 17.0. The maximum atomic E-state index is 12.6. The quantitative estimate of drug-likeness (QED) is 0.691. The van der Waals surface area contributed by atoms with Gasteiger partial charge in [-0.25, -0.2) is 4.98 Å². The molecule has 1 aliphatic heterocycles. The summed E-state index contributed by atoms with van der Waals surface area (Å²) in [6, 6.07) is 16.5. The summed E-state index contributed by atoms with van der Waals surface area (Å²) in [7, 11) is 1.99. The molecular weight excluding hydrogens is 374 g/mol. The Hall–Kier alpha value is -3.17. The van der Waals surface area contributed by atoms with Crippen molar-refractivity contribution in [3.05, 3.63) is 54.4 Å². The van der Waals surface area contributed by atoms with Crippen molar-refractivity contribution in [3.8, 4) is 17.2 Å². The Kier molecular flexibility index (Phi) is 4.76. The molecule has 1 amide bonds. The number of aryl methyl sites for hydroxylation is 1. The number of nitrogens with one attached hydrogen (secondary N) is 2. The van der Waals surface area contributed by atoms with Crippen LogP contribution in [0.4, 0.5) is 0 Å². The van der Waals surface area contributed by atoms with Crippen LogP contribution in [0.2, 0.25) is 0 Å². The van der Waals surface area contributed by atoms with Crippen LogP contribution in [0.5, 0.6) is 0 Å². The number of aromatic nitrogens is 2. The molecule has 2 bridgehead atoms. The van der Waals surface area contributed by atoms with Gasteiger partial charge in [0.15, 0.2) is 0 Å². The Labute approximate surface area is 175 Å². The molecule has 1 aliphatic carbocycles. The van der Waals surface area contributed by atoms with Gasteiger partial charge in [-0.05, 0) is 54.0 Å². The summed E-state index contributed by atoms with van der Waals surface area (Å²) in [4.78, 5) is 17.0. The molecule has 2 fully saturated rings. The predicted octanol–water partition coefficient (Wildman–Crippen LogP) is 2.93. The minimum Gasteiger partial charge on any atom is -0.339 e. The number of hydrogen-bond acceptors (Lipinski definition) is 4.